The predicted octanol–water partition coefficient (Wildman–Crippen LogP) is 1.84. The van der Waals surface area contributed by atoms with E-state index in [2.05, 4.69) is 45.4 Å². The Morgan fingerprint density at radius 1 is 1.09 bits per heavy atom. The van der Waals surface area contributed by atoms with Crippen LogP contribution in [0.3, 0.4) is 0 Å². The number of hydrogen-bond acceptors (Lipinski definition) is 3. The van der Waals surface area contributed by atoms with Gasteiger partial charge in [0.15, 0.2) is 0 Å². The molecule has 0 radical (unpaired) electrons. The summed E-state index contributed by atoms with van der Waals surface area (Å²) in [6.45, 7) is 11.8. The van der Waals surface area contributed by atoms with Crippen LogP contribution < -0.4 is 0 Å². The molecule has 0 bridgehead atoms. The SMILES string of the molecule is CCN(S)C(C)N(CC)CC. The van der Waals surface area contributed by atoms with Crippen molar-refractivity contribution in [2.45, 2.75) is 33.9 Å². The molecule has 0 spiro atoms. The molecule has 0 aliphatic rings. The second kappa shape index (κ2) is 5.86. The van der Waals surface area contributed by atoms with Gasteiger partial charge in [-0.25, -0.2) is 4.31 Å². The molecule has 1 atom stereocenters. The third-order valence-corrected chi connectivity index (χ3v) is 2.71. The first kappa shape index (κ1) is 11.3. The van der Waals surface area contributed by atoms with Crippen molar-refractivity contribution in [2.75, 3.05) is 19.6 Å². The average molecular weight is 176 g/mol. The molecule has 0 N–H and O–H groups in total. The van der Waals surface area contributed by atoms with E-state index in [1.807, 2.05) is 4.31 Å². The van der Waals surface area contributed by atoms with E-state index in [1.165, 1.54) is 0 Å². The molecule has 68 valence electrons. The van der Waals surface area contributed by atoms with Gasteiger partial charge in [0.1, 0.15) is 0 Å². The first-order chi connectivity index (χ1) is 5.17. The first-order valence-corrected chi connectivity index (χ1v) is 4.76. The maximum absolute atomic E-state index is 4.36. The van der Waals surface area contributed by atoms with Crippen LogP contribution >= 0.6 is 12.8 Å². The van der Waals surface area contributed by atoms with Crippen LogP contribution in [0.15, 0.2) is 0 Å². The Morgan fingerprint density at radius 2 is 1.55 bits per heavy atom. The van der Waals surface area contributed by atoms with Crippen molar-refractivity contribution in [3.8, 4) is 0 Å². The predicted molar refractivity (Wildman–Crippen MR) is 53.7 cm³/mol. The van der Waals surface area contributed by atoms with Gasteiger partial charge < -0.3 is 0 Å². The van der Waals surface area contributed by atoms with E-state index in [4.69, 9.17) is 0 Å². The summed E-state index contributed by atoms with van der Waals surface area (Å²) >= 11 is 4.36. The van der Waals surface area contributed by atoms with Crippen molar-refractivity contribution in [2.24, 2.45) is 0 Å². The fourth-order valence-electron chi connectivity index (χ4n) is 1.20. The Hall–Kier alpha value is 0.270. The van der Waals surface area contributed by atoms with Gasteiger partial charge in [-0.1, -0.05) is 33.6 Å². The van der Waals surface area contributed by atoms with Gasteiger partial charge in [0.05, 0.1) is 6.17 Å². The summed E-state index contributed by atoms with van der Waals surface area (Å²) in [6.07, 6.45) is 0.443. The van der Waals surface area contributed by atoms with Crippen molar-refractivity contribution in [3.05, 3.63) is 0 Å². The molecule has 2 nitrogen and oxygen atoms in total. The first-order valence-electron chi connectivity index (χ1n) is 4.36. The molecule has 0 rings (SSSR count). The summed E-state index contributed by atoms with van der Waals surface area (Å²) in [5, 5.41) is 0. The molecule has 0 amide bonds. The van der Waals surface area contributed by atoms with Gasteiger partial charge in [-0.15, -0.1) is 0 Å². The fraction of sp³-hybridized carbons (Fsp3) is 1.00. The second-order valence-corrected chi connectivity index (χ2v) is 3.12. The maximum Gasteiger partial charge on any atom is 0.0689 e. The molecule has 3 heteroatoms. The van der Waals surface area contributed by atoms with Gasteiger partial charge in [-0.2, -0.15) is 0 Å². The topological polar surface area (TPSA) is 6.48 Å². The van der Waals surface area contributed by atoms with E-state index in [0.29, 0.717) is 6.17 Å². The zero-order valence-electron chi connectivity index (χ0n) is 8.04. The number of rotatable bonds is 5. The van der Waals surface area contributed by atoms with Crippen LogP contribution in [-0.2, 0) is 0 Å². The van der Waals surface area contributed by atoms with Crippen molar-refractivity contribution < 1.29 is 0 Å². The molecule has 0 heterocycles. The lowest BCUT2D eigenvalue weighted by Crippen LogP contribution is -2.41. The van der Waals surface area contributed by atoms with E-state index >= 15 is 0 Å². The Labute approximate surface area is 76.1 Å². The molecule has 0 fully saturated rings. The second-order valence-electron chi connectivity index (χ2n) is 2.61. The summed E-state index contributed by atoms with van der Waals surface area (Å²) in [5.74, 6) is 0. The van der Waals surface area contributed by atoms with Crippen LogP contribution in [-0.4, -0.2) is 35.0 Å². The van der Waals surface area contributed by atoms with Crippen molar-refractivity contribution in [3.63, 3.8) is 0 Å². The Morgan fingerprint density at radius 3 is 1.82 bits per heavy atom. The maximum atomic E-state index is 4.36. The molecule has 0 saturated carbocycles. The molecule has 11 heavy (non-hydrogen) atoms. The number of hydrogen-bond donors (Lipinski definition) is 1. The molecular formula is C8H20N2S. The van der Waals surface area contributed by atoms with Gasteiger partial charge in [0.25, 0.3) is 0 Å². The number of nitrogens with zero attached hydrogens (tertiary/aromatic N) is 2. The summed E-state index contributed by atoms with van der Waals surface area (Å²) in [5.41, 5.74) is 0. The Balaban J connectivity index is 3.86. The summed E-state index contributed by atoms with van der Waals surface area (Å²) < 4.78 is 2.05. The zero-order chi connectivity index (χ0) is 8.85. The van der Waals surface area contributed by atoms with Crippen molar-refractivity contribution in [1.29, 1.82) is 0 Å². The van der Waals surface area contributed by atoms with E-state index in [1.54, 1.807) is 0 Å². The highest BCUT2D eigenvalue weighted by Crippen LogP contribution is 2.06. The smallest absolute Gasteiger partial charge is 0.0689 e. The minimum absolute atomic E-state index is 0.443. The van der Waals surface area contributed by atoms with Crippen molar-refractivity contribution >= 4 is 12.8 Å². The minimum atomic E-state index is 0.443. The molecule has 0 aliphatic carbocycles. The largest absolute Gasteiger partial charge is 0.288 e. The molecule has 1 unspecified atom stereocenters. The molecular weight excluding hydrogens is 156 g/mol. The van der Waals surface area contributed by atoms with E-state index in [9.17, 15) is 0 Å². The highest BCUT2D eigenvalue weighted by molar-refractivity contribution is 7.77. The van der Waals surface area contributed by atoms with Gasteiger partial charge in [-0.3, -0.25) is 4.90 Å². The quantitative estimate of drug-likeness (QED) is 0.504. The van der Waals surface area contributed by atoms with Crippen LogP contribution in [0.25, 0.3) is 0 Å². The van der Waals surface area contributed by atoms with Crippen LogP contribution in [0, 0.1) is 0 Å². The van der Waals surface area contributed by atoms with E-state index < -0.39 is 0 Å². The third kappa shape index (κ3) is 3.45. The minimum Gasteiger partial charge on any atom is -0.288 e. The zero-order valence-corrected chi connectivity index (χ0v) is 8.93. The molecule has 0 aliphatic heterocycles. The fourth-order valence-corrected chi connectivity index (χ4v) is 1.35. The lowest BCUT2D eigenvalue weighted by Gasteiger charge is -2.32. The standard InChI is InChI=1S/C8H20N2S/c1-5-9(6-2)8(4)10(11)7-3/h8,11H,5-7H2,1-4H3. The Kier molecular flexibility index (Phi) is 6.01. The van der Waals surface area contributed by atoms with Gasteiger partial charge in [-0.05, 0) is 20.0 Å². The molecule has 0 saturated heterocycles. The van der Waals surface area contributed by atoms with Gasteiger partial charge in [0, 0.05) is 6.54 Å². The summed E-state index contributed by atoms with van der Waals surface area (Å²) in [6, 6.07) is 0. The summed E-state index contributed by atoms with van der Waals surface area (Å²) in [7, 11) is 0. The van der Waals surface area contributed by atoms with E-state index in [-0.39, 0.29) is 0 Å². The van der Waals surface area contributed by atoms with Crippen LogP contribution in [0.2, 0.25) is 0 Å². The monoisotopic (exact) mass is 176 g/mol. The molecule has 0 aromatic rings. The van der Waals surface area contributed by atoms with Crippen LogP contribution in [0.5, 0.6) is 0 Å². The average Bonchev–Trinajstić information content (AvgIpc) is 2.05. The van der Waals surface area contributed by atoms with Crippen LogP contribution in [0.1, 0.15) is 27.7 Å². The van der Waals surface area contributed by atoms with Gasteiger partial charge >= 0.3 is 0 Å². The highest BCUT2D eigenvalue weighted by atomic mass is 32.1. The van der Waals surface area contributed by atoms with Crippen LogP contribution in [0.4, 0.5) is 0 Å². The summed E-state index contributed by atoms with van der Waals surface area (Å²) in [4.78, 5) is 2.37. The number of thiol groups is 1. The molecule has 0 aromatic heterocycles. The third-order valence-electron chi connectivity index (χ3n) is 2.10. The van der Waals surface area contributed by atoms with Crippen molar-refractivity contribution in [1.82, 2.24) is 9.21 Å². The lowest BCUT2D eigenvalue weighted by molar-refractivity contribution is 0.140. The van der Waals surface area contributed by atoms with E-state index in [0.717, 1.165) is 19.6 Å². The highest BCUT2D eigenvalue weighted by Gasteiger charge is 2.13. The lowest BCUT2D eigenvalue weighted by atomic mass is 10.4. The molecule has 0 aromatic carbocycles. The normalized spacial score (nSPS) is 14.5. The van der Waals surface area contributed by atoms with Gasteiger partial charge in [0.2, 0.25) is 0 Å². The Bertz CT molecular complexity index is 94.1.